The Hall–Kier alpha value is -3.17. The van der Waals surface area contributed by atoms with Crippen LogP contribution in [0.3, 0.4) is 0 Å². The van der Waals surface area contributed by atoms with Crippen molar-refractivity contribution in [1.29, 1.82) is 0 Å². The lowest BCUT2D eigenvalue weighted by atomic mass is 10.2. The van der Waals surface area contributed by atoms with Gasteiger partial charge in [-0.25, -0.2) is 4.39 Å². The van der Waals surface area contributed by atoms with Gasteiger partial charge in [-0.15, -0.1) is 4.40 Å². The number of halogens is 1. The minimum atomic E-state index is -3.90. The molecule has 6 nitrogen and oxygen atoms in total. The van der Waals surface area contributed by atoms with Crippen LogP contribution in [0.2, 0.25) is 0 Å². The van der Waals surface area contributed by atoms with Gasteiger partial charge in [-0.2, -0.15) is 8.42 Å². The number of para-hydroxylation sites is 2. The predicted molar refractivity (Wildman–Crippen MR) is 121 cm³/mol. The Labute approximate surface area is 183 Å². The largest absolute Gasteiger partial charge is 0.323 e. The van der Waals surface area contributed by atoms with E-state index in [1.807, 2.05) is 30.3 Å². The summed E-state index contributed by atoms with van der Waals surface area (Å²) in [7, 11) is -3.90. The number of nitrogens with zero attached hydrogens (tertiary/aromatic N) is 2. The molecule has 1 amide bonds. The van der Waals surface area contributed by atoms with Gasteiger partial charge >= 0.3 is 0 Å². The van der Waals surface area contributed by atoms with Crippen LogP contribution in [0.15, 0.2) is 88.2 Å². The lowest BCUT2D eigenvalue weighted by molar-refractivity contribution is -0.113. The number of carbonyl (C=O) groups excluding carboxylic acids is 1. The highest BCUT2D eigenvalue weighted by molar-refractivity contribution is 8.15. The van der Waals surface area contributed by atoms with E-state index in [9.17, 15) is 17.6 Å². The second-order valence-electron chi connectivity index (χ2n) is 6.71. The quantitative estimate of drug-likeness (QED) is 0.622. The number of amidine groups is 1. The van der Waals surface area contributed by atoms with Gasteiger partial charge in [-0.05, 0) is 29.8 Å². The van der Waals surface area contributed by atoms with Crippen LogP contribution in [0.5, 0.6) is 0 Å². The topological polar surface area (TPSA) is 78.8 Å². The monoisotopic (exact) mass is 455 g/mol. The van der Waals surface area contributed by atoms with E-state index in [1.54, 1.807) is 29.2 Å². The molecule has 0 aliphatic carbocycles. The smallest absolute Gasteiger partial charge is 0.286 e. The average Bonchev–Trinajstić information content (AvgIpc) is 2.77. The normalized spacial score (nSPS) is 14.5. The second-order valence-corrected chi connectivity index (χ2v) is 9.22. The zero-order chi connectivity index (χ0) is 21.8. The number of carbonyl (C=O) groups is 1. The fourth-order valence-electron chi connectivity index (χ4n) is 3.10. The van der Waals surface area contributed by atoms with Crippen LogP contribution in [-0.4, -0.2) is 25.2 Å². The summed E-state index contributed by atoms with van der Waals surface area (Å²) >= 11 is 0.986. The fourth-order valence-corrected chi connectivity index (χ4v) is 5.36. The summed E-state index contributed by atoms with van der Waals surface area (Å²) in [5, 5.41) is 2.68. The van der Waals surface area contributed by atoms with Crippen LogP contribution in [0.25, 0.3) is 0 Å². The second kappa shape index (κ2) is 8.91. The summed E-state index contributed by atoms with van der Waals surface area (Å²) in [4.78, 5) is 14.2. The van der Waals surface area contributed by atoms with E-state index in [0.717, 1.165) is 17.3 Å². The fraction of sp³-hybridized carbons (Fsp3) is 0.0909. The first-order valence-corrected chi connectivity index (χ1v) is 11.8. The van der Waals surface area contributed by atoms with Crippen molar-refractivity contribution in [2.24, 2.45) is 4.40 Å². The maximum Gasteiger partial charge on any atom is 0.286 e. The Bertz CT molecular complexity index is 1250. The number of anilines is 2. The number of hydrogen-bond acceptors (Lipinski definition) is 5. The molecule has 0 fully saturated rings. The molecule has 1 N–H and O–H groups in total. The molecule has 1 heterocycles. The molecular weight excluding hydrogens is 437 g/mol. The first kappa shape index (κ1) is 21.1. The highest BCUT2D eigenvalue weighted by atomic mass is 32.2. The van der Waals surface area contributed by atoms with Crippen molar-refractivity contribution in [3.8, 4) is 0 Å². The van der Waals surface area contributed by atoms with Gasteiger partial charge in [0.15, 0.2) is 5.17 Å². The summed E-state index contributed by atoms with van der Waals surface area (Å²) < 4.78 is 43.1. The third kappa shape index (κ3) is 4.78. The molecule has 0 spiro atoms. The summed E-state index contributed by atoms with van der Waals surface area (Å²) in [5.74, 6) is -1.14. The summed E-state index contributed by atoms with van der Waals surface area (Å²) in [5.41, 5.74) is 1.52. The number of fused-ring (bicyclic) bond motifs is 1. The van der Waals surface area contributed by atoms with Crippen LogP contribution in [0, 0.1) is 5.82 Å². The van der Waals surface area contributed by atoms with Gasteiger partial charge in [0.25, 0.3) is 10.0 Å². The van der Waals surface area contributed by atoms with Crippen molar-refractivity contribution in [2.75, 3.05) is 16.0 Å². The summed E-state index contributed by atoms with van der Waals surface area (Å²) in [6.07, 6.45) is 0. The van der Waals surface area contributed by atoms with Gasteiger partial charge in [-0.1, -0.05) is 66.4 Å². The first-order valence-electron chi connectivity index (χ1n) is 9.37. The Morgan fingerprint density at radius 1 is 0.968 bits per heavy atom. The molecule has 0 atom stereocenters. The van der Waals surface area contributed by atoms with Crippen molar-refractivity contribution >= 4 is 44.2 Å². The Morgan fingerprint density at radius 3 is 2.42 bits per heavy atom. The number of nitrogens with one attached hydrogen (secondary N) is 1. The van der Waals surface area contributed by atoms with Crippen LogP contribution in [0.1, 0.15) is 5.56 Å². The van der Waals surface area contributed by atoms with E-state index in [4.69, 9.17) is 0 Å². The number of hydrogen-bond donors (Lipinski definition) is 1. The van der Waals surface area contributed by atoms with Crippen LogP contribution in [0.4, 0.5) is 15.8 Å². The van der Waals surface area contributed by atoms with E-state index in [-0.39, 0.29) is 21.5 Å². The van der Waals surface area contributed by atoms with E-state index >= 15 is 0 Å². The standard InChI is InChI=1S/C22H18FN3O3S2/c23-17-10-4-5-11-18(17)24-21(27)15-30-22-25-31(28,29)20-13-7-6-12-19(20)26(22)14-16-8-2-1-3-9-16/h1-13H,14-15H2,(H,24,27). The van der Waals surface area contributed by atoms with Gasteiger partial charge < -0.3 is 10.2 Å². The molecule has 31 heavy (non-hydrogen) atoms. The van der Waals surface area contributed by atoms with Crippen LogP contribution in [-0.2, 0) is 21.4 Å². The zero-order valence-corrected chi connectivity index (χ0v) is 17.9. The van der Waals surface area contributed by atoms with Crippen molar-refractivity contribution in [3.63, 3.8) is 0 Å². The summed E-state index contributed by atoms with van der Waals surface area (Å²) in [6, 6.07) is 22.0. The Balaban J connectivity index is 1.58. The first-order chi connectivity index (χ1) is 14.9. The molecule has 0 aromatic heterocycles. The molecule has 0 bridgehead atoms. The zero-order valence-electron chi connectivity index (χ0n) is 16.2. The minimum Gasteiger partial charge on any atom is -0.323 e. The molecule has 1 aliphatic rings. The molecule has 3 aromatic rings. The number of rotatable bonds is 5. The van der Waals surface area contributed by atoms with Gasteiger partial charge in [0, 0.05) is 0 Å². The molecule has 9 heteroatoms. The SMILES string of the molecule is O=C(CSC1=NS(=O)(=O)c2ccccc2N1Cc1ccccc1)Nc1ccccc1F. The highest BCUT2D eigenvalue weighted by Gasteiger charge is 2.31. The Morgan fingerprint density at radius 2 is 1.65 bits per heavy atom. The minimum absolute atomic E-state index is 0.0674. The van der Waals surface area contributed by atoms with E-state index < -0.39 is 21.7 Å². The number of thioether (sulfide) groups is 1. The van der Waals surface area contributed by atoms with Gasteiger partial charge in [0.1, 0.15) is 10.7 Å². The van der Waals surface area contributed by atoms with Crippen LogP contribution < -0.4 is 10.2 Å². The maximum absolute atomic E-state index is 13.8. The summed E-state index contributed by atoms with van der Waals surface area (Å²) in [6.45, 7) is 0.383. The molecule has 1 aliphatic heterocycles. The van der Waals surface area contributed by atoms with E-state index in [2.05, 4.69) is 9.71 Å². The molecule has 0 radical (unpaired) electrons. The van der Waals surface area contributed by atoms with Crippen molar-refractivity contribution in [3.05, 3.63) is 90.2 Å². The molecule has 4 rings (SSSR count). The van der Waals surface area contributed by atoms with E-state index in [0.29, 0.717) is 12.2 Å². The van der Waals surface area contributed by atoms with Crippen molar-refractivity contribution in [1.82, 2.24) is 0 Å². The molecule has 0 saturated heterocycles. The van der Waals surface area contributed by atoms with Crippen molar-refractivity contribution in [2.45, 2.75) is 11.4 Å². The molecular formula is C22H18FN3O3S2. The van der Waals surface area contributed by atoms with Crippen molar-refractivity contribution < 1.29 is 17.6 Å². The average molecular weight is 456 g/mol. The van der Waals surface area contributed by atoms with Gasteiger partial charge in [-0.3, -0.25) is 4.79 Å². The van der Waals surface area contributed by atoms with Gasteiger partial charge in [0.05, 0.1) is 23.7 Å². The third-order valence-electron chi connectivity index (χ3n) is 4.53. The lowest BCUT2D eigenvalue weighted by Crippen LogP contribution is -2.34. The Kier molecular flexibility index (Phi) is 6.06. The molecule has 158 valence electrons. The van der Waals surface area contributed by atoms with Gasteiger partial charge in [0.2, 0.25) is 5.91 Å². The number of amides is 1. The molecule has 0 unspecified atom stereocenters. The predicted octanol–water partition coefficient (Wildman–Crippen LogP) is 4.26. The van der Waals surface area contributed by atoms with Crippen LogP contribution >= 0.6 is 11.8 Å². The number of benzene rings is 3. The third-order valence-corrected chi connectivity index (χ3v) is 6.93. The van der Waals surface area contributed by atoms with E-state index in [1.165, 1.54) is 24.3 Å². The highest BCUT2D eigenvalue weighted by Crippen LogP contribution is 2.35. The molecule has 3 aromatic carbocycles. The lowest BCUT2D eigenvalue weighted by Gasteiger charge is -2.30. The number of sulfonamides is 1. The maximum atomic E-state index is 13.8. The molecule has 0 saturated carbocycles.